The molecule has 1 aliphatic rings. The van der Waals surface area contributed by atoms with E-state index in [4.69, 9.17) is 19.9 Å². The van der Waals surface area contributed by atoms with Crippen molar-refractivity contribution >= 4 is 0 Å². The third-order valence-corrected chi connectivity index (χ3v) is 3.21. The van der Waals surface area contributed by atoms with Crippen LogP contribution < -0.4 is 15.2 Å². The Labute approximate surface area is 108 Å². The van der Waals surface area contributed by atoms with E-state index >= 15 is 0 Å². The summed E-state index contributed by atoms with van der Waals surface area (Å²) >= 11 is 0. The standard InChI is InChI=1S/C14H21NO3/c1-10(15)13-4-3-12(16-2)7-14(13)18-9-11-5-6-17-8-11/h3-4,7,10-11H,5-6,8-9,15H2,1-2H3/t10-,11?/m1/s1. The zero-order chi connectivity index (χ0) is 13.0. The lowest BCUT2D eigenvalue weighted by molar-refractivity contribution is 0.166. The topological polar surface area (TPSA) is 53.7 Å². The molecule has 1 unspecified atom stereocenters. The number of ether oxygens (including phenoxy) is 3. The van der Waals surface area contributed by atoms with Crippen molar-refractivity contribution in [3.05, 3.63) is 23.8 Å². The molecule has 0 radical (unpaired) electrons. The Bertz CT molecular complexity index is 387. The van der Waals surface area contributed by atoms with Gasteiger partial charge in [-0.1, -0.05) is 6.07 Å². The van der Waals surface area contributed by atoms with Crippen LogP contribution in [-0.2, 0) is 4.74 Å². The summed E-state index contributed by atoms with van der Waals surface area (Å²) < 4.78 is 16.4. The van der Waals surface area contributed by atoms with E-state index in [1.54, 1.807) is 7.11 Å². The first-order chi connectivity index (χ1) is 8.70. The summed E-state index contributed by atoms with van der Waals surface area (Å²) in [5.41, 5.74) is 6.95. The fourth-order valence-electron chi connectivity index (χ4n) is 2.07. The van der Waals surface area contributed by atoms with E-state index in [-0.39, 0.29) is 6.04 Å². The molecule has 1 saturated heterocycles. The highest BCUT2D eigenvalue weighted by molar-refractivity contribution is 5.42. The molecule has 4 nitrogen and oxygen atoms in total. The molecule has 0 amide bonds. The van der Waals surface area contributed by atoms with Gasteiger partial charge in [0.25, 0.3) is 0 Å². The van der Waals surface area contributed by atoms with Crippen molar-refractivity contribution in [2.45, 2.75) is 19.4 Å². The lowest BCUT2D eigenvalue weighted by atomic mass is 10.1. The molecule has 2 rings (SSSR count). The monoisotopic (exact) mass is 251 g/mol. The maximum absolute atomic E-state index is 5.94. The molecule has 1 fully saturated rings. The SMILES string of the molecule is COc1ccc([C@@H](C)N)c(OCC2CCOC2)c1. The molecule has 0 saturated carbocycles. The molecule has 100 valence electrons. The minimum Gasteiger partial charge on any atom is -0.497 e. The van der Waals surface area contributed by atoms with Gasteiger partial charge in [0.1, 0.15) is 11.5 Å². The van der Waals surface area contributed by atoms with Crippen LogP contribution in [-0.4, -0.2) is 26.9 Å². The van der Waals surface area contributed by atoms with E-state index in [0.717, 1.165) is 36.7 Å². The van der Waals surface area contributed by atoms with Gasteiger partial charge in [-0.25, -0.2) is 0 Å². The van der Waals surface area contributed by atoms with E-state index in [9.17, 15) is 0 Å². The van der Waals surface area contributed by atoms with Crippen LogP contribution in [0.2, 0.25) is 0 Å². The van der Waals surface area contributed by atoms with Crippen LogP contribution >= 0.6 is 0 Å². The maximum Gasteiger partial charge on any atom is 0.127 e. The quantitative estimate of drug-likeness (QED) is 0.871. The zero-order valence-electron chi connectivity index (χ0n) is 11.0. The van der Waals surface area contributed by atoms with Crippen LogP contribution in [0.1, 0.15) is 24.9 Å². The van der Waals surface area contributed by atoms with Gasteiger partial charge in [-0.15, -0.1) is 0 Å². The molecule has 0 spiro atoms. The summed E-state index contributed by atoms with van der Waals surface area (Å²) in [6.07, 6.45) is 1.07. The third-order valence-electron chi connectivity index (χ3n) is 3.21. The Morgan fingerprint density at radius 1 is 1.50 bits per heavy atom. The normalized spacial score (nSPS) is 20.7. The molecule has 1 aliphatic heterocycles. The van der Waals surface area contributed by atoms with Gasteiger partial charge in [0.2, 0.25) is 0 Å². The molecular formula is C14H21NO3. The van der Waals surface area contributed by atoms with Crippen LogP contribution in [0, 0.1) is 5.92 Å². The van der Waals surface area contributed by atoms with E-state index in [1.807, 2.05) is 25.1 Å². The molecular weight excluding hydrogens is 230 g/mol. The number of hydrogen-bond acceptors (Lipinski definition) is 4. The fraction of sp³-hybridized carbons (Fsp3) is 0.571. The van der Waals surface area contributed by atoms with E-state index < -0.39 is 0 Å². The minimum atomic E-state index is -0.0502. The van der Waals surface area contributed by atoms with Gasteiger partial charge in [-0.05, 0) is 19.4 Å². The van der Waals surface area contributed by atoms with Gasteiger partial charge < -0.3 is 19.9 Å². The summed E-state index contributed by atoms with van der Waals surface area (Å²) in [6.45, 7) is 4.25. The lowest BCUT2D eigenvalue weighted by Crippen LogP contribution is -2.14. The first-order valence-electron chi connectivity index (χ1n) is 6.34. The molecule has 1 aromatic carbocycles. The highest BCUT2D eigenvalue weighted by atomic mass is 16.5. The molecule has 2 N–H and O–H groups in total. The second kappa shape index (κ2) is 6.07. The molecule has 0 aliphatic carbocycles. The van der Waals surface area contributed by atoms with E-state index in [0.29, 0.717) is 12.5 Å². The number of benzene rings is 1. The van der Waals surface area contributed by atoms with Gasteiger partial charge in [0.05, 0.1) is 20.3 Å². The molecule has 0 bridgehead atoms. The van der Waals surface area contributed by atoms with Gasteiger partial charge in [0, 0.05) is 30.2 Å². The van der Waals surface area contributed by atoms with Gasteiger partial charge in [-0.2, -0.15) is 0 Å². The first-order valence-corrected chi connectivity index (χ1v) is 6.34. The van der Waals surface area contributed by atoms with Crippen LogP contribution in [0.3, 0.4) is 0 Å². The minimum absolute atomic E-state index is 0.0502. The Kier molecular flexibility index (Phi) is 4.44. The van der Waals surface area contributed by atoms with Crippen LogP contribution in [0.5, 0.6) is 11.5 Å². The van der Waals surface area contributed by atoms with Crippen molar-refractivity contribution in [1.82, 2.24) is 0 Å². The second-order valence-corrected chi connectivity index (χ2v) is 4.73. The summed E-state index contributed by atoms with van der Waals surface area (Å²) in [4.78, 5) is 0. The summed E-state index contributed by atoms with van der Waals surface area (Å²) in [7, 11) is 1.65. The van der Waals surface area contributed by atoms with Gasteiger partial charge >= 0.3 is 0 Å². The molecule has 18 heavy (non-hydrogen) atoms. The predicted octanol–water partition coefficient (Wildman–Crippen LogP) is 2.13. The average Bonchev–Trinajstić information content (AvgIpc) is 2.88. The van der Waals surface area contributed by atoms with Crippen molar-refractivity contribution < 1.29 is 14.2 Å². The van der Waals surface area contributed by atoms with Crippen molar-refractivity contribution in [3.63, 3.8) is 0 Å². The molecule has 2 atom stereocenters. The molecule has 4 heteroatoms. The van der Waals surface area contributed by atoms with Gasteiger partial charge in [-0.3, -0.25) is 0 Å². The molecule has 0 aromatic heterocycles. The van der Waals surface area contributed by atoms with Crippen molar-refractivity contribution in [3.8, 4) is 11.5 Å². The number of nitrogens with two attached hydrogens (primary N) is 1. The first kappa shape index (κ1) is 13.2. The number of rotatable bonds is 5. The van der Waals surface area contributed by atoms with Crippen LogP contribution in [0.25, 0.3) is 0 Å². The summed E-state index contributed by atoms with van der Waals surface area (Å²) in [6, 6.07) is 5.72. The van der Waals surface area contributed by atoms with Crippen molar-refractivity contribution in [2.24, 2.45) is 11.7 Å². The number of hydrogen-bond donors (Lipinski definition) is 1. The summed E-state index contributed by atoms with van der Waals surface area (Å²) in [5.74, 6) is 2.09. The Morgan fingerprint density at radius 3 is 2.94 bits per heavy atom. The summed E-state index contributed by atoms with van der Waals surface area (Å²) in [5, 5.41) is 0. The zero-order valence-corrected chi connectivity index (χ0v) is 11.0. The molecule has 1 heterocycles. The smallest absolute Gasteiger partial charge is 0.127 e. The van der Waals surface area contributed by atoms with Crippen molar-refractivity contribution in [1.29, 1.82) is 0 Å². The van der Waals surface area contributed by atoms with E-state index in [1.165, 1.54) is 0 Å². The Hall–Kier alpha value is -1.26. The largest absolute Gasteiger partial charge is 0.497 e. The van der Waals surface area contributed by atoms with Gasteiger partial charge in [0.15, 0.2) is 0 Å². The maximum atomic E-state index is 5.94. The highest BCUT2D eigenvalue weighted by Crippen LogP contribution is 2.29. The highest BCUT2D eigenvalue weighted by Gasteiger charge is 2.17. The van der Waals surface area contributed by atoms with E-state index in [2.05, 4.69) is 0 Å². The number of methoxy groups -OCH3 is 1. The molecule has 1 aromatic rings. The Balaban J connectivity index is 2.07. The predicted molar refractivity (Wildman–Crippen MR) is 70.0 cm³/mol. The van der Waals surface area contributed by atoms with Crippen LogP contribution in [0.15, 0.2) is 18.2 Å². The van der Waals surface area contributed by atoms with Crippen LogP contribution in [0.4, 0.5) is 0 Å². The fourth-order valence-corrected chi connectivity index (χ4v) is 2.07. The second-order valence-electron chi connectivity index (χ2n) is 4.73. The average molecular weight is 251 g/mol. The Morgan fingerprint density at radius 2 is 2.33 bits per heavy atom. The third kappa shape index (κ3) is 3.15. The van der Waals surface area contributed by atoms with Crippen molar-refractivity contribution in [2.75, 3.05) is 26.9 Å². The lowest BCUT2D eigenvalue weighted by Gasteiger charge is -2.17.